The standard InChI is InChI=1S/C20H20FN3O/c21-17-7-4-8-18(13-17)24-15-22-19(25)20(24)9-11-23(12-10-20)14-16-5-2-1-3-6-16/h1-8,13,15H,9-12,14H2. The van der Waals surface area contributed by atoms with Gasteiger partial charge in [-0.2, -0.15) is 0 Å². The molecule has 0 radical (unpaired) electrons. The van der Waals surface area contributed by atoms with Gasteiger partial charge in [-0.3, -0.25) is 9.69 Å². The molecule has 128 valence electrons. The SMILES string of the molecule is O=C1N=CN(c2cccc(F)c2)C12CCN(Cc1ccccc1)CC2. The van der Waals surface area contributed by atoms with Crippen LogP contribution in [-0.2, 0) is 11.3 Å². The van der Waals surface area contributed by atoms with Gasteiger partial charge in [0.15, 0.2) is 0 Å². The Labute approximate surface area is 146 Å². The third-order valence-electron chi connectivity index (χ3n) is 5.17. The highest BCUT2D eigenvalue weighted by Gasteiger charge is 2.49. The van der Waals surface area contributed by atoms with Crippen molar-refractivity contribution >= 4 is 17.9 Å². The van der Waals surface area contributed by atoms with E-state index < -0.39 is 5.54 Å². The lowest BCUT2D eigenvalue weighted by Crippen LogP contribution is -2.56. The van der Waals surface area contributed by atoms with Gasteiger partial charge in [-0.15, -0.1) is 0 Å². The Kier molecular flexibility index (Phi) is 4.09. The molecule has 2 aromatic rings. The van der Waals surface area contributed by atoms with Crippen molar-refractivity contribution in [3.8, 4) is 0 Å². The summed E-state index contributed by atoms with van der Waals surface area (Å²) in [5.74, 6) is -0.418. The fourth-order valence-electron chi connectivity index (χ4n) is 3.76. The van der Waals surface area contributed by atoms with Crippen molar-refractivity contribution in [1.29, 1.82) is 0 Å². The molecule has 2 aromatic carbocycles. The average Bonchev–Trinajstić information content (AvgIpc) is 2.94. The Morgan fingerprint density at radius 3 is 2.52 bits per heavy atom. The second-order valence-electron chi connectivity index (χ2n) is 6.69. The molecule has 1 spiro atoms. The third kappa shape index (κ3) is 2.96. The first kappa shape index (κ1) is 16.0. The lowest BCUT2D eigenvalue weighted by atomic mass is 9.85. The van der Waals surface area contributed by atoms with Gasteiger partial charge in [-0.1, -0.05) is 36.4 Å². The summed E-state index contributed by atoms with van der Waals surface area (Å²) in [4.78, 5) is 20.8. The molecule has 4 nitrogen and oxygen atoms in total. The quantitative estimate of drug-likeness (QED) is 0.863. The zero-order valence-corrected chi connectivity index (χ0v) is 13.9. The number of carbonyl (C=O) groups is 1. The molecular formula is C20H20FN3O. The Balaban J connectivity index is 1.51. The normalized spacial score (nSPS) is 19.7. The largest absolute Gasteiger partial charge is 0.317 e. The first-order chi connectivity index (χ1) is 12.2. The molecule has 2 aliphatic rings. The maximum absolute atomic E-state index is 13.6. The number of rotatable bonds is 3. The number of carbonyl (C=O) groups excluding carboxylic acids is 1. The van der Waals surface area contributed by atoms with Crippen molar-refractivity contribution in [1.82, 2.24) is 4.90 Å². The van der Waals surface area contributed by atoms with E-state index in [4.69, 9.17) is 0 Å². The molecule has 5 heteroatoms. The summed E-state index contributed by atoms with van der Waals surface area (Å²) in [5, 5.41) is 0. The van der Waals surface area contributed by atoms with Gasteiger partial charge >= 0.3 is 0 Å². The Hall–Kier alpha value is -2.53. The summed E-state index contributed by atoms with van der Waals surface area (Å²) in [7, 11) is 0. The van der Waals surface area contributed by atoms with Crippen molar-refractivity contribution in [3.63, 3.8) is 0 Å². The van der Waals surface area contributed by atoms with E-state index in [1.54, 1.807) is 12.4 Å². The van der Waals surface area contributed by atoms with Gasteiger partial charge in [-0.25, -0.2) is 9.38 Å². The van der Waals surface area contributed by atoms with Gasteiger partial charge < -0.3 is 4.90 Å². The number of hydrogen-bond donors (Lipinski definition) is 0. The average molecular weight is 337 g/mol. The molecule has 4 rings (SSSR count). The van der Waals surface area contributed by atoms with E-state index in [0.29, 0.717) is 18.5 Å². The first-order valence-corrected chi connectivity index (χ1v) is 8.57. The van der Waals surface area contributed by atoms with Crippen molar-refractivity contribution in [3.05, 3.63) is 66.0 Å². The van der Waals surface area contributed by atoms with E-state index in [-0.39, 0.29) is 11.7 Å². The van der Waals surface area contributed by atoms with Crippen LogP contribution >= 0.6 is 0 Å². The summed E-state index contributed by atoms with van der Waals surface area (Å²) in [5.41, 5.74) is 1.29. The summed E-state index contributed by atoms with van der Waals surface area (Å²) in [6, 6.07) is 16.7. The maximum atomic E-state index is 13.6. The predicted octanol–water partition coefficient (Wildman–Crippen LogP) is 3.24. The number of likely N-dealkylation sites (tertiary alicyclic amines) is 1. The molecule has 0 aromatic heterocycles. The highest BCUT2D eigenvalue weighted by molar-refractivity contribution is 6.08. The lowest BCUT2D eigenvalue weighted by molar-refractivity contribution is -0.123. The molecule has 25 heavy (non-hydrogen) atoms. The van der Waals surface area contributed by atoms with E-state index in [1.165, 1.54) is 17.7 Å². The molecule has 0 saturated carbocycles. The van der Waals surface area contributed by atoms with Crippen LogP contribution in [0.5, 0.6) is 0 Å². The molecule has 2 aliphatic heterocycles. The Morgan fingerprint density at radius 1 is 1.04 bits per heavy atom. The maximum Gasteiger partial charge on any atom is 0.273 e. The second kappa shape index (κ2) is 6.41. The number of piperidine rings is 1. The molecule has 1 saturated heterocycles. The zero-order chi connectivity index (χ0) is 17.3. The summed E-state index contributed by atoms with van der Waals surface area (Å²) in [6.45, 7) is 2.51. The number of nitrogens with zero attached hydrogens (tertiary/aromatic N) is 3. The molecule has 2 heterocycles. The Morgan fingerprint density at radius 2 is 1.80 bits per heavy atom. The highest BCUT2D eigenvalue weighted by atomic mass is 19.1. The number of anilines is 1. The molecular weight excluding hydrogens is 317 g/mol. The second-order valence-corrected chi connectivity index (χ2v) is 6.69. The molecule has 1 amide bonds. The van der Waals surface area contributed by atoms with Gasteiger partial charge in [0, 0.05) is 25.3 Å². The minimum atomic E-state index is -0.666. The van der Waals surface area contributed by atoms with Crippen LogP contribution < -0.4 is 4.90 Å². The van der Waals surface area contributed by atoms with Gasteiger partial charge in [0.05, 0.1) is 6.34 Å². The Bertz CT molecular complexity index is 798. The first-order valence-electron chi connectivity index (χ1n) is 8.57. The van der Waals surface area contributed by atoms with E-state index in [1.807, 2.05) is 29.2 Å². The number of benzene rings is 2. The van der Waals surface area contributed by atoms with Crippen LogP contribution in [0.1, 0.15) is 18.4 Å². The van der Waals surface area contributed by atoms with Gasteiger partial charge in [-0.05, 0) is 36.6 Å². The smallest absolute Gasteiger partial charge is 0.273 e. The van der Waals surface area contributed by atoms with Crippen LogP contribution in [-0.4, -0.2) is 35.8 Å². The summed E-state index contributed by atoms with van der Waals surface area (Å²) < 4.78 is 13.6. The predicted molar refractivity (Wildman–Crippen MR) is 96.1 cm³/mol. The topological polar surface area (TPSA) is 35.9 Å². The van der Waals surface area contributed by atoms with E-state index in [9.17, 15) is 9.18 Å². The van der Waals surface area contributed by atoms with E-state index >= 15 is 0 Å². The van der Waals surface area contributed by atoms with Crippen LogP contribution in [0.25, 0.3) is 0 Å². The third-order valence-corrected chi connectivity index (χ3v) is 5.17. The van der Waals surface area contributed by atoms with Crippen LogP contribution in [0.4, 0.5) is 10.1 Å². The molecule has 0 bridgehead atoms. The van der Waals surface area contributed by atoms with E-state index in [0.717, 1.165) is 19.6 Å². The zero-order valence-electron chi connectivity index (χ0n) is 13.9. The van der Waals surface area contributed by atoms with Crippen LogP contribution in [0.3, 0.4) is 0 Å². The van der Waals surface area contributed by atoms with Crippen molar-refractivity contribution in [2.45, 2.75) is 24.9 Å². The number of aliphatic imine (C=N–C) groups is 1. The van der Waals surface area contributed by atoms with Gasteiger partial charge in [0.25, 0.3) is 5.91 Å². The fraction of sp³-hybridized carbons (Fsp3) is 0.300. The van der Waals surface area contributed by atoms with Crippen molar-refractivity contribution < 1.29 is 9.18 Å². The molecule has 0 aliphatic carbocycles. The van der Waals surface area contributed by atoms with Gasteiger partial charge in [0.2, 0.25) is 0 Å². The van der Waals surface area contributed by atoms with Crippen molar-refractivity contribution in [2.75, 3.05) is 18.0 Å². The summed E-state index contributed by atoms with van der Waals surface area (Å²) in [6.07, 6.45) is 2.94. The number of amides is 1. The van der Waals surface area contributed by atoms with Gasteiger partial charge in [0.1, 0.15) is 11.4 Å². The van der Waals surface area contributed by atoms with Crippen molar-refractivity contribution in [2.24, 2.45) is 4.99 Å². The highest BCUT2D eigenvalue weighted by Crippen LogP contribution is 2.37. The van der Waals surface area contributed by atoms with E-state index in [2.05, 4.69) is 22.0 Å². The molecule has 0 N–H and O–H groups in total. The number of hydrogen-bond acceptors (Lipinski definition) is 3. The fourth-order valence-corrected chi connectivity index (χ4v) is 3.76. The van der Waals surface area contributed by atoms with Crippen LogP contribution in [0, 0.1) is 5.82 Å². The minimum Gasteiger partial charge on any atom is -0.317 e. The minimum absolute atomic E-state index is 0.115. The monoisotopic (exact) mass is 337 g/mol. The molecule has 1 fully saturated rings. The summed E-state index contributed by atoms with van der Waals surface area (Å²) >= 11 is 0. The molecule has 0 atom stereocenters. The number of halogens is 1. The van der Waals surface area contributed by atoms with Crippen LogP contribution in [0.15, 0.2) is 59.6 Å². The lowest BCUT2D eigenvalue weighted by Gasteiger charge is -2.43. The molecule has 0 unspecified atom stereocenters. The van der Waals surface area contributed by atoms with Crippen LogP contribution in [0.2, 0.25) is 0 Å².